The van der Waals surface area contributed by atoms with Gasteiger partial charge in [0.25, 0.3) is 0 Å². The van der Waals surface area contributed by atoms with Gasteiger partial charge in [-0.05, 0) is 40.3 Å². The van der Waals surface area contributed by atoms with E-state index in [4.69, 9.17) is 9.84 Å². The first kappa shape index (κ1) is 22.9. The van der Waals surface area contributed by atoms with Crippen molar-refractivity contribution in [3.8, 4) is 11.1 Å². The number of hydrogen-bond acceptors (Lipinski definition) is 5. The molecule has 1 aliphatic rings. The van der Waals surface area contributed by atoms with Crippen LogP contribution < -0.4 is 5.32 Å². The van der Waals surface area contributed by atoms with Crippen molar-refractivity contribution in [1.29, 1.82) is 0 Å². The van der Waals surface area contributed by atoms with Gasteiger partial charge in [0.15, 0.2) is 0 Å². The van der Waals surface area contributed by atoms with Gasteiger partial charge in [-0.1, -0.05) is 60.7 Å². The van der Waals surface area contributed by atoms with Gasteiger partial charge >= 0.3 is 6.09 Å². The highest BCUT2D eigenvalue weighted by Crippen LogP contribution is 2.44. The fourth-order valence-corrected chi connectivity index (χ4v) is 4.23. The Hall–Kier alpha value is -3.26. The van der Waals surface area contributed by atoms with Crippen LogP contribution >= 0.6 is 0 Å². The third-order valence-corrected chi connectivity index (χ3v) is 6.01. The van der Waals surface area contributed by atoms with Crippen LogP contribution in [0.15, 0.2) is 66.7 Å². The summed E-state index contributed by atoms with van der Waals surface area (Å²) in [5, 5.41) is 32.1. The Balaban J connectivity index is 1.28. The van der Waals surface area contributed by atoms with Gasteiger partial charge in [-0.3, -0.25) is 0 Å². The molecule has 3 aromatic carbocycles. The van der Waals surface area contributed by atoms with E-state index in [0.717, 1.165) is 28.3 Å². The summed E-state index contributed by atoms with van der Waals surface area (Å²) in [6, 6.07) is 20.0. The minimum Gasteiger partial charge on any atom is -0.449 e. The number of alkyl carbamates (subject to hydrolysis) is 1. The van der Waals surface area contributed by atoms with E-state index in [9.17, 15) is 19.4 Å². The Bertz CT molecular complexity index is 1090. The zero-order chi connectivity index (χ0) is 23.4. The third kappa shape index (κ3) is 4.90. The molecule has 3 aromatic rings. The van der Waals surface area contributed by atoms with Crippen LogP contribution in [-0.2, 0) is 11.3 Å². The number of halogens is 1. The van der Waals surface area contributed by atoms with Crippen molar-refractivity contribution in [3.05, 3.63) is 94.8 Å². The van der Waals surface area contributed by atoms with Crippen LogP contribution in [-0.4, -0.2) is 40.7 Å². The standard InChI is InChI=1S/C26H26FNO5/c27-23-13-16(9-10-17(23)14-29)25(31)24(30)11-12-28-26(32)33-15-22-20-7-3-1-5-18(20)19-6-2-4-8-21(19)22/h1-10,13,22,24-25,29-31H,11-12,14-15H2,(H,28,32). The summed E-state index contributed by atoms with van der Waals surface area (Å²) >= 11 is 0. The zero-order valence-electron chi connectivity index (χ0n) is 17.9. The summed E-state index contributed by atoms with van der Waals surface area (Å²) in [4.78, 5) is 12.2. The van der Waals surface area contributed by atoms with E-state index < -0.39 is 30.7 Å². The molecule has 0 radical (unpaired) electrons. The zero-order valence-corrected chi connectivity index (χ0v) is 17.9. The Kier molecular flexibility index (Phi) is 7.03. The van der Waals surface area contributed by atoms with Gasteiger partial charge in [-0.15, -0.1) is 0 Å². The summed E-state index contributed by atoms with van der Waals surface area (Å²) in [5.74, 6) is -0.703. The maximum absolute atomic E-state index is 13.8. The molecule has 0 bridgehead atoms. The predicted molar refractivity (Wildman–Crippen MR) is 121 cm³/mol. The van der Waals surface area contributed by atoms with E-state index in [2.05, 4.69) is 17.4 Å². The number of amides is 1. The first-order valence-corrected chi connectivity index (χ1v) is 10.8. The highest BCUT2D eigenvalue weighted by Gasteiger charge is 2.29. The Morgan fingerprint density at radius 2 is 1.64 bits per heavy atom. The van der Waals surface area contributed by atoms with E-state index >= 15 is 0 Å². The van der Waals surface area contributed by atoms with Crippen LogP contribution in [0.25, 0.3) is 11.1 Å². The Labute approximate surface area is 191 Å². The highest BCUT2D eigenvalue weighted by molar-refractivity contribution is 5.79. The topological polar surface area (TPSA) is 99.0 Å². The number of aliphatic hydroxyl groups excluding tert-OH is 3. The van der Waals surface area contributed by atoms with Gasteiger partial charge in [0.1, 0.15) is 18.5 Å². The second kappa shape index (κ2) is 10.1. The summed E-state index contributed by atoms with van der Waals surface area (Å²) in [5.41, 5.74) is 4.81. The molecule has 0 aliphatic heterocycles. The van der Waals surface area contributed by atoms with Gasteiger partial charge in [0.2, 0.25) is 0 Å². The number of carbonyl (C=O) groups excluding carboxylic acids is 1. The molecule has 4 rings (SSSR count). The largest absolute Gasteiger partial charge is 0.449 e. The molecule has 2 atom stereocenters. The number of aliphatic hydroxyl groups is 3. The number of carbonyl (C=O) groups is 1. The molecule has 1 aliphatic carbocycles. The van der Waals surface area contributed by atoms with Crippen molar-refractivity contribution >= 4 is 6.09 Å². The minimum atomic E-state index is -1.32. The summed E-state index contributed by atoms with van der Waals surface area (Å²) in [7, 11) is 0. The molecule has 0 fully saturated rings. The van der Waals surface area contributed by atoms with Gasteiger partial charge < -0.3 is 25.4 Å². The number of fused-ring (bicyclic) bond motifs is 3. The second-order valence-corrected chi connectivity index (χ2v) is 8.06. The SMILES string of the molecule is O=C(NCCC(O)C(O)c1ccc(CO)c(F)c1)OCC1c2ccccc2-c2ccccc21. The number of ether oxygens (including phenoxy) is 1. The van der Waals surface area contributed by atoms with Crippen LogP contribution in [0.4, 0.5) is 9.18 Å². The van der Waals surface area contributed by atoms with E-state index in [1.54, 1.807) is 0 Å². The molecular weight excluding hydrogens is 425 g/mol. The summed E-state index contributed by atoms with van der Waals surface area (Å²) in [6.45, 7) is -0.192. The molecule has 4 N–H and O–H groups in total. The van der Waals surface area contributed by atoms with Gasteiger partial charge in [-0.2, -0.15) is 0 Å². The summed E-state index contributed by atoms with van der Waals surface area (Å²) in [6.07, 6.45) is -3.10. The lowest BCUT2D eigenvalue weighted by molar-refractivity contribution is 0.0135. The predicted octanol–water partition coefficient (Wildman–Crippen LogP) is 3.64. The fourth-order valence-electron chi connectivity index (χ4n) is 4.23. The molecule has 0 saturated heterocycles. The average Bonchev–Trinajstić information content (AvgIpc) is 3.16. The Morgan fingerprint density at radius 3 is 2.24 bits per heavy atom. The second-order valence-electron chi connectivity index (χ2n) is 8.06. The minimum absolute atomic E-state index is 0.0487. The molecule has 0 spiro atoms. The lowest BCUT2D eigenvalue weighted by Gasteiger charge is -2.19. The lowest BCUT2D eigenvalue weighted by atomic mass is 9.98. The number of nitrogens with one attached hydrogen (secondary N) is 1. The quantitative estimate of drug-likeness (QED) is 0.419. The molecule has 2 unspecified atom stereocenters. The number of benzene rings is 3. The molecule has 1 amide bonds. The average molecular weight is 451 g/mol. The smallest absolute Gasteiger partial charge is 0.407 e. The molecule has 0 heterocycles. The molecular formula is C26H26FNO5. The monoisotopic (exact) mass is 451 g/mol. The van der Waals surface area contributed by atoms with Gasteiger partial charge in [0, 0.05) is 18.0 Å². The van der Waals surface area contributed by atoms with E-state index in [0.29, 0.717) is 0 Å². The summed E-state index contributed by atoms with van der Waals surface area (Å²) < 4.78 is 19.2. The van der Waals surface area contributed by atoms with Crippen molar-refractivity contribution in [1.82, 2.24) is 5.32 Å². The Morgan fingerprint density at radius 1 is 1.00 bits per heavy atom. The van der Waals surface area contributed by atoms with Gasteiger partial charge in [0.05, 0.1) is 12.7 Å². The highest BCUT2D eigenvalue weighted by atomic mass is 19.1. The molecule has 33 heavy (non-hydrogen) atoms. The fraction of sp³-hybridized carbons (Fsp3) is 0.269. The third-order valence-electron chi connectivity index (χ3n) is 6.01. The first-order valence-electron chi connectivity index (χ1n) is 10.8. The van der Waals surface area contributed by atoms with E-state index in [1.165, 1.54) is 12.1 Å². The van der Waals surface area contributed by atoms with Gasteiger partial charge in [-0.25, -0.2) is 9.18 Å². The first-order chi connectivity index (χ1) is 16.0. The molecule has 0 aromatic heterocycles. The van der Waals surface area contributed by atoms with Crippen LogP contribution in [0.3, 0.4) is 0 Å². The van der Waals surface area contributed by atoms with Crippen LogP contribution in [0.5, 0.6) is 0 Å². The molecule has 7 heteroatoms. The van der Waals surface area contributed by atoms with Crippen molar-refractivity contribution in [2.24, 2.45) is 0 Å². The van der Waals surface area contributed by atoms with Crippen molar-refractivity contribution in [3.63, 3.8) is 0 Å². The van der Waals surface area contributed by atoms with E-state index in [1.807, 2.05) is 36.4 Å². The molecule has 0 saturated carbocycles. The van der Waals surface area contributed by atoms with E-state index in [-0.39, 0.29) is 36.6 Å². The van der Waals surface area contributed by atoms with Crippen LogP contribution in [0.1, 0.15) is 40.7 Å². The maximum Gasteiger partial charge on any atom is 0.407 e. The molecule has 172 valence electrons. The lowest BCUT2D eigenvalue weighted by Crippen LogP contribution is -2.30. The number of rotatable bonds is 8. The maximum atomic E-state index is 13.8. The van der Waals surface area contributed by atoms with Crippen LogP contribution in [0, 0.1) is 5.82 Å². The van der Waals surface area contributed by atoms with Crippen molar-refractivity contribution in [2.75, 3.05) is 13.2 Å². The van der Waals surface area contributed by atoms with Crippen molar-refractivity contribution < 1.29 is 29.2 Å². The normalized spacial score (nSPS) is 14.3. The molecule has 6 nitrogen and oxygen atoms in total. The van der Waals surface area contributed by atoms with Crippen molar-refractivity contribution in [2.45, 2.75) is 31.2 Å². The number of hydrogen-bond donors (Lipinski definition) is 4. The van der Waals surface area contributed by atoms with Crippen LogP contribution in [0.2, 0.25) is 0 Å².